The smallest absolute Gasteiger partial charge is 0.321 e. The van der Waals surface area contributed by atoms with Gasteiger partial charge in [0, 0.05) is 19.4 Å². The third-order valence-corrected chi connectivity index (χ3v) is 1.90. The Hall–Kier alpha value is -1.91. The molecule has 1 aromatic rings. The molecule has 0 aliphatic carbocycles. The lowest BCUT2D eigenvalue weighted by atomic mass is 10.1. The predicted octanol–water partition coefficient (Wildman–Crippen LogP) is 0.365. The highest BCUT2D eigenvalue weighted by Crippen LogP contribution is 2.01. The molecule has 0 spiro atoms. The summed E-state index contributed by atoms with van der Waals surface area (Å²) in [5, 5.41) is 0. The largest absolute Gasteiger partial charge is 0.351 e. The number of hydrogen-bond donors (Lipinski definition) is 1. The number of primary amides is 1. The van der Waals surface area contributed by atoms with E-state index in [1.807, 2.05) is 6.07 Å². The number of imide groups is 1. The molecular formula is C10H12N3O2. The van der Waals surface area contributed by atoms with Gasteiger partial charge < -0.3 is 5.73 Å². The van der Waals surface area contributed by atoms with E-state index in [1.165, 1.54) is 13.5 Å². The topological polar surface area (TPSA) is 76.3 Å². The number of pyridine rings is 1. The maximum atomic E-state index is 11.3. The molecule has 1 rings (SSSR count). The molecule has 3 amide bonds. The average molecular weight is 206 g/mol. The lowest BCUT2D eigenvalue weighted by Crippen LogP contribution is -2.37. The van der Waals surface area contributed by atoms with Gasteiger partial charge in [-0.25, -0.2) is 4.79 Å². The number of nitrogens with zero attached hydrogens (tertiary/aromatic N) is 2. The number of amides is 3. The number of rotatable bonds is 3. The van der Waals surface area contributed by atoms with E-state index in [9.17, 15) is 9.59 Å². The minimum Gasteiger partial charge on any atom is -0.351 e. The molecule has 0 aliphatic heterocycles. The molecule has 0 aromatic carbocycles. The van der Waals surface area contributed by atoms with Crippen molar-refractivity contribution in [3.63, 3.8) is 0 Å². The van der Waals surface area contributed by atoms with Crippen LogP contribution in [-0.4, -0.2) is 28.9 Å². The highest BCUT2D eigenvalue weighted by atomic mass is 16.2. The third kappa shape index (κ3) is 3.38. The molecule has 0 aliphatic rings. The van der Waals surface area contributed by atoms with Gasteiger partial charge in [-0.2, -0.15) is 0 Å². The van der Waals surface area contributed by atoms with Gasteiger partial charge in [-0.05, 0) is 18.1 Å². The van der Waals surface area contributed by atoms with Gasteiger partial charge in [-0.3, -0.25) is 14.7 Å². The number of aromatic nitrogens is 1. The minimum atomic E-state index is -0.762. The molecular weight excluding hydrogens is 194 g/mol. The second-order valence-corrected chi connectivity index (χ2v) is 3.01. The Labute approximate surface area is 87.9 Å². The molecule has 0 bridgehead atoms. The maximum Gasteiger partial charge on any atom is 0.321 e. The summed E-state index contributed by atoms with van der Waals surface area (Å²) in [4.78, 5) is 26.7. The standard InChI is InChI=1S/C10H12N3O2/c1-13(10(11)15)9(14)5-4-8-3-2-6-12-7-8/h2-3,5-7H,4H2,1H3,(H2,11,15). The SMILES string of the molecule is CN(C(N)=O)C(=O)[CH]Cc1cccnc1. The van der Waals surface area contributed by atoms with Crippen molar-refractivity contribution in [3.8, 4) is 0 Å². The first kappa shape index (κ1) is 11.2. The van der Waals surface area contributed by atoms with Gasteiger partial charge in [-0.1, -0.05) is 6.07 Å². The van der Waals surface area contributed by atoms with E-state index in [0.717, 1.165) is 10.5 Å². The van der Waals surface area contributed by atoms with Crippen LogP contribution in [0.25, 0.3) is 0 Å². The van der Waals surface area contributed by atoms with Gasteiger partial charge in [-0.15, -0.1) is 0 Å². The summed E-state index contributed by atoms with van der Waals surface area (Å²) >= 11 is 0. The van der Waals surface area contributed by atoms with Crippen molar-refractivity contribution in [2.45, 2.75) is 6.42 Å². The molecule has 1 heterocycles. The lowest BCUT2D eigenvalue weighted by molar-refractivity contribution is -0.123. The van der Waals surface area contributed by atoms with Crippen molar-refractivity contribution in [3.05, 3.63) is 36.5 Å². The molecule has 1 aromatic heterocycles. The highest BCUT2D eigenvalue weighted by molar-refractivity contribution is 5.97. The number of hydrogen-bond acceptors (Lipinski definition) is 3. The highest BCUT2D eigenvalue weighted by Gasteiger charge is 2.13. The van der Waals surface area contributed by atoms with E-state index in [4.69, 9.17) is 5.73 Å². The fourth-order valence-corrected chi connectivity index (χ4v) is 0.970. The van der Waals surface area contributed by atoms with Crippen molar-refractivity contribution < 1.29 is 9.59 Å². The van der Waals surface area contributed by atoms with Crippen LogP contribution in [0.4, 0.5) is 4.79 Å². The summed E-state index contributed by atoms with van der Waals surface area (Å²) in [5.74, 6) is -0.411. The van der Waals surface area contributed by atoms with Crippen LogP contribution >= 0.6 is 0 Å². The van der Waals surface area contributed by atoms with E-state index in [2.05, 4.69) is 4.98 Å². The van der Waals surface area contributed by atoms with Gasteiger partial charge in [0.2, 0.25) is 5.91 Å². The van der Waals surface area contributed by atoms with Crippen LogP contribution in [-0.2, 0) is 11.2 Å². The van der Waals surface area contributed by atoms with E-state index in [-0.39, 0.29) is 0 Å². The summed E-state index contributed by atoms with van der Waals surface area (Å²) in [7, 11) is 1.34. The molecule has 0 saturated carbocycles. The van der Waals surface area contributed by atoms with Crippen molar-refractivity contribution in [2.24, 2.45) is 5.73 Å². The zero-order chi connectivity index (χ0) is 11.3. The fourth-order valence-electron chi connectivity index (χ4n) is 0.970. The average Bonchev–Trinajstić information content (AvgIpc) is 2.26. The quantitative estimate of drug-likeness (QED) is 0.776. The monoisotopic (exact) mass is 206 g/mol. The van der Waals surface area contributed by atoms with E-state index < -0.39 is 11.9 Å². The molecule has 0 atom stereocenters. The Morgan fingerprint density at radius 3 is 2.87 bits per heavy atom. The Balaban J connectivity index is 2.44. The van der Waals surface area contributed by atoms with Crippen LogP contribution in [0.15, 0.2) is 24.5 Å². The van der Waals surface area contributed by atoms with Gasteiger partial charge in [0.15, 0.2) is 0 Å². The van der Waals surface area contributed by atoms with Crippen molar-refractivity contribution in [1.82, 2.24) is 9.88 Å². The Morgan fingerprint density at radius 2 is 2.33 bits per heavy atom. The second-order valence-electron chi connectivity index (χ2n) is 3.01. The zero-order valence-corrected chi connectivity index (χ0v) is 8.38. The predicted molar refractivity (Wildman–Crippen MR) is 54.6 cm³/mol. The number of urea groups is 1. The van der Waals surface area contributed by atoms with E-state index in [0.29, 0.717) is 6.42 Å². The summed E-state index contributed by atoms with van der Waals surface area (Å²) < 4.78 is 0. The van der Waals surface area contributed by atoms with Crippen LogP contribution in [0.2, 0.25) is 0 Å². The van der Waals surface area contributed by atoms with Gasteiger partial charge in [0.25, 0.3) is 0 Å². The van der Waals surface area contributed by atoms with E-state index in [1.54, 1.807) is 18.5 Å². The maximum absolute atomic E-state index is 11.3. The minimum absolute atomic E-state index is 0.411. The van der Waals surface area contributed by atoms with Gasteiger partial charge in [0.05, 0.1) is 6.42 Å². The van der Waals surface area contributed by atoms with Crippen LogP contribution in [0.5, 0.6) is 0 Å². The van der Waals surface area contributed by atoms with Crippen LogP contribution in [0, 0.1) is 6.42 Å². The first-order chi connectivity index (χ1) is 7.11. The summed E-state index contributed by atoms with van der Waals surface area (Å²) in [6.45, 7) is 0. The molecule has 0 saturated heterocycles. The van der Waals surface area contributed by atoms with Crippen molar-refractivity contribution >= 4 is 11.9 Å². The summed E-state index contributed by atoms with van der Waals surface area (Å²) in [6.07, 6.45) is 5.14. The molecule has 5 nitrogen and oxygen atoms in total. The molecule has 5 heteroatoms. The Morgan fingerprint density at radius 1 is 1.60 bits per heavy atom. The Kier molecular flexibility index (Phi) is 3.79. The molecule has 0 unspecified atom stereocenters. The second kappa shape index (κ2) is 5.09. The van der Waals surface area contributed by atoms with Gasteiger partial charge in [0.1, 0.15) is 0 Å². The molecule has 0 fully saturated rings. The molecule has 15 heavy (non-hydrogen) atoms. The lowest BCUT2D eigenvalue weighted by Gasteiger charge is -2.11. The zero-order valence-electron chi connectivity index (χ0n) is 8.38. The van der Waals surface area contributed by atoms with Crippen LogP contribution in [0.1, 0.15) is 5.56 Å². The molecule has 1 radical (unpaired) electrons. The third-order valence-electron chi connectivity index (χ3n) is 1.90. The van der Waals surface area contributed by atoms with Crippen molar-refractivity contribution in [2.75, 3.05) is 7.05 Å². The summed E-state index contributed by atoms with van der Waals surface area (Å²) in [6, 6.07) is 2.87. The molecule has 2 N–H and O–H groups in total. The Bertz CT molecular complexity index is 351. The van der Waals surface area contributed by atoms with E-state index >= 15 is 0 Å². The first-order valence-corrected chi connectivity index (χ1v) is 4.40. The van der Waals surface area contributed by atoms with Crippen molar-refractivity contribution in [1.29, 1.82) is 0 Å². The fraction of sp³-hybridized carbons (Fsp3) is 0.200. The number of carbonyl (C=O) groups is 2. The van der Waals surface area contributed by atoms with Crippen LogP contribution < -0.4 is 5.73 Å². The van der Waals surface area contributed by atoms with Crippen LogP contribution in [0.3, 0.4) is 0 Å². The molecule has 79 valence electrons. The number of carbonyl (C=O) groups excluding carboxylic acids is 2. The summed E-state index contributed by atoms with van der Waals surface area (Å²) in [5.41, 5.74) is 5.85. The normalized spacial score (nSPS) is 9.67. The number of nitrogens with two attached hydrogens (primary N) is 1. The van der Waals surface area contributed by atoms with Gasteiger partial charge >= 0.3 is 6.03 Å². The first-order valence-electron chi connectivity index (χ1n) is 4.40.